The second kappa shape index (κ2) is 4.75. The minimum absolute atomic E-state index is 0.181. The number of aromatic carboxylic acids is 1. The van der Waals surface area contributed by atoms with Gasteiger partial charge in [0.25, 0.3) is 5.56 Å². The zero-order valence-corrected chi connectivity index (χ0v) is 9.66. The van der Waals surface area contributed by atoms with E-state index in [-0.39, 0.29) is 11.1 Å². The lowest BCUT2D eigenvalue weighted by atomic mass is 10.2. The second-order valence-corrected chi connectivity index (χ2v) is 3.63. The van der Waals surface area contributed by atoms with Gasteiger partial charge in [0.2, 0.25) is 0 Å². The number of nitrogens with zero attached hydrogens (tertiary/aromatic N) is 1. The average molecular weight is 245 g/mol. The number of hydrogen-bond acceptors (Lipinski definition) is 3. The highest BCUT2D eigenvalue weighted by Gasteiger charge is 2.04. The van der Waals surface area contributed by atoms with E-state index in [2.05, 4.69) is 0 Å². The highest BCUT2D eigenvalue weighted by molar-refractivity contribution is 5.87. The van der Waals surface area contributed by atoms with Crippen LogP contribution in [-0.2, 0) is 0 Å². The fourth-order valence-electron chi connectivity index (χ4n) is 1.57. The van der Waals surface area contributed by atoms with Crippen molar-refractivity contribution in [1.29, 1.82) is 0 Å². The molecule has 1 aromatic carbocycles. The van der Waals surface area contributed by atoms with E-state index in [1.165, 1.54) is 29.9 Å². The number of rotatable bonds is 3. The Morgan fingerprint density at radius 2 is 1.89 bits per heavy atom. The Bertz CT molecular complexity index is 628. The average Bonchev–Trinajstić information content (AvgIpc) is 2.38. The maximum absolute atomic E-state index is 11.8. The summed E-state index contributed by atoms with van der Waals surface area (Å²) in [6.45, 7) is 0. The molecule has 0 saturated carbocycles. The molecular weight excluding hydrogens is 234 g/mol. The molecule has 0 saturated heterocycles. The second-order valence-electron chi connectivity index (χ2n) is 3.63. The fraction of sp³-hybridized carbons (Fsp3) is 0.0769. The number of ether oxygens (including phenoxy) is 1. The van der Waals surface area contributed by atoms with Gasteiger partial charge in [-0.1, -0.05) is 0 Å². The number of benzene rings is 1. The van der Waals surface area contributed by atoms with Crippen LogP contribution in [0.1, 0.15) is 10.4 Å². The fourth-order valence-corrected chi connectivity index (χ4v) is 1.57. The van der Waals surface area contributed by atoms with E-state index in [0.717, 1.165) is 0 Å². The van der Waals surface area contributed by atoms with Gasteiger partial charge in [-0.05, 0) is 30.3 Å². The summed E-state index contributed by atoms with van der Waals surface area (Å²) in [5.41, 5.74) is 0.547. The first-order valence-electron chi connectivity index (χ1n) is 5.22. The van der Waals surface area contributed by atoms with Crippen LogP contribution in [0.5, 0.6) is 5.75 Å². The van der Waals surface area contributed by atoms with Crippen molar-refractivity contribution in [3.8, 4) is 11.4 Å². The summed E-state index contributed by atoms with van der Waals surface area (Å²) in [4.78, 5) is 22.5. The van der Waals surface area contributed by atoms with E-state index in [0.29, 0.717) is 11.4 Å². The predicted molar refractivity (Wildman–Crippen MR) is 65.6 cm³/mol. The van der Waals surface area contributed by atoms with Gasteiger partial charge in [-0.2, -0.15) is 0 Å². The number of carbonyl (C=O) groups is 1. The van der Waals surface area contributed by atoms with Gasteiger partial charge in [0, 0.05) is 18.0 Å². The van der Waals surface area contributed by atoms with Crippen molar-refractivity contribution in [1.82, 2.24) is 4.57 Å². The van der Waals surface area contributed by atoms with Crippen LogP contribution < -0.4 is 10.3 Å². The Kier molecular flexibility index (Phi) is 3.14. The van der Waals surface area contributed by atoms with Crippen LogP contribution in [0.15, 0.2) is 47.4 Å². The zero-order chi connectivity index (χ0) is 13.1. The van der Waals surface area contributed by atoms with Crippen LogP contribution in [0, 0.1) is 0 Å². The van der Waals surface area contributed by atoms with Crippen LogP contribution in [0.25, 0.3) is 5.69 Å². The van der Waals surface area contributed by atoms with Crippen molar-refractivity contribution in [3.05, 3.63) is 58.5 Å². The molecule has 1 heterocycles. The van der Waals surface area contributed by atoms with E-state index in [9.17, 15) is 9.59 Å². The summed E-state index contributed by atoms with van der Waals surface area (Å²) in [6, 6.07) is 9.09. The largest absolute Gasteiger partial charge is 0.497 e. The summed E-state index contributed by atoms with van der Waals surface area (Å²) in [6.07, 6.45) is 1.58. The van der Waals surface area contributed by atoms with Crippen LogP contribution in [-0.4, -0.2) is 22.8 Å². The lowest BCUT2D eigenvalue weighted by Crippen LogP contribution is -2.16. The molecule has 2 aromatic rings. The van der Waals surface area contributed by atoms with E-state index >= 15 is 0 Å². The number of pyridine rings is 1. The molecule has 0 unspecified atom stereocenters. The molecule has 0 bridgehead atoms. The number of carboxylic acid groups (broad SMARTS) is 1. The Balaban J connectivity index is 2.43. The molecule has 0 radical (unpaired) electrons. The molecule has 2 rings (SSSR count). The van der Waals surface area contributed by atoms with Gasteiger partial charge in [0.1, 0.15) is 5.75 Å². The van der Waals surface area contributed by atoms with Gasteiger partial charge >= 0.3 is 5.97 Å². The Hall–Kier alpha value is -2.56. The number of carboxylic acids is 1. The van der Waals surface area contributed by atoms with Crippen molar-refractivity contribution in [3.63, 3.8) is 0 Å². The smallest absolute Gasteiger partial charge is 0.335 e. The van der Waals surface area contributed by atoms with Crippen LogP contribution in [0.2, 0.25) is 0 Å². The third-order valence-corrected chi connectivity index (χ3v) is 2.52. The first-order valence-corrected chi connectivity index (χ1v) is 5.22. The summed E-state index contributed by atoms with van der Waals surface area (Å²) in [5.74, 6) is -0.512. The lowest BCUT2D eigenvalue weighted by Gasteiger charge is -2.06. The van der Waals surface area contributed by atoms with E-state index < -0.39 is 5.97 Å². The number of aromatic nitrogens is 1. The Morgan fingerprint density at radius 1 is 1.22 bits per heavy atom. The summed E-state index contributed by atoms with van der Waals surface area (Å²) in [5, 5.41) is 8.78. The first-order chi connectivity index (χ1) is 8.61. The van der Waals surface area contributed by atoms with Crippen molar-refractivity contribution < 1.29 is 14.6 Å². The van der Waals surface area contributed by atoms with Gasteiger partial charge in [-0.15, -0.1) is 0 Å². The molecule has 0 aliphatic heterocycles. The van der Waals surface area contributed by atoms with Crippen LogP contribution in [0.4, 0.5) is 0 Å². The molecular formula is C13H11NO4. The standard InChI is InChI=1S/C13H11NO4/c1-18-11-6-7-14(12(15)8-11)10-4-2-9(3-5-10)13(16)17/h2-8H,1H3,(H,16,17). The molecule has 5 nitrogen and oxygen atoms in total. The number of hydrogen-bond donors (Lipinski definition) is 1. The molecule has 92 valence electrons. The summed E-state index contributed by atoms with van der Waals surface area (Å²) < 4.78 is 6.36. The van der Waals surface area contributed by atoms with E-state index in [1.54, 1.807) is 24.4 Å². The minimum atomic E-state index is -0.997. The van der Waals surface area contributed by atoms with Gasteiger partial charge in [-0.3, -0.25) is 9.36 Å². The van der Waals surface area contributed by atoms with E-state index in [4.69, 9.17) is 9.84 Å². The molecule has 1 aromatic heterocycles. The van der Waals surface area contributed by atoms with Crippen LogP contribution in [0.3, 0.4) is 0 Å². The SMILES string of the molecule is COc1ccn(-c2ccc(C(=O)O)cc2)c(=O)c1. The van der Waals surface area contributed by atoms with Crippen molar-refractivity contribution in [2.45, 2.75) is 0 Å². The molecule has 5 heteroatoms. The van der Waals surface area contributed by atoms with E-state index in [1.807, 2.05) is 0 Å². The molecule has 0 aliphatic carbocycles. The first kappa shape index (κ1) is 11.9. The molecule has 0 aliphatic rings. The number of methoxy groups -OCH3 is 1. The monoisotopic (exact) mass is 245 g/mol. The minimum Gasteiger partial charge on any atom is -0.497 e. The normalized spacial score (nSPS) is 10.1. The Morgan fingerprint density at radius 3 is 2.39 bits per heavy atom. The highest BCUT2D eigenvalue weighted by atomic mass is 16.5. The third kappa shape index (κ3) is 2.24. The maximum atomic E-state index is 11.8. The summed E-state index contributed by atoms with van der Waals surface area (Å²) >= 11 is 0. The van der Waals surface area contributed by atoms with Gasteiger partial charge in [-0.25, -0.2) is 4.79 Å². The summed E-state index contributed by atoms with van der Waals surface area (Å²) in [7, 11) is 1.49. The Labute approximate surface area is 103 Å². The topological polar surface area (TPSA) is 68.5 Å². The molecule has 0 amide bonds. The van der Waals surface area contributed by atoms with Crippen molar-refractivity contribution in [2.24, 2.45) is 0 Å². The van der Waals surface area contributed by atoms with Gasteiger partial charge in [0.15, 0.2) is 0 Å². The quantitative estimate of drug-likeness (QED) is 0.890. The van der Waals surface area contributed by atoms with Crippen molar-refractivity contribution >= 4 is 5.97 Å². The molecule has 0 spiro atoms. The van der Waals surface area contributed by atoms with Crippen molar-refractivity contribution in [2.75, 3.05) is 7.11 Å². The molecule has 18 heavy (non-hydrogen) atoms. The van der Waals surface area contributed by atoms with Gasteiger partial charge in [0.05, 0.1) is 12.7 Å². The highest BCUT2D eigenvalue weighted by Crippen LogP contribution is 2.10. The third-order valence-electron chi connectivity index (χ3n) is 2.52. The van der Waals surface area contributed by atoms with Crippen LogP contribution >= 0.6 is 0 Å². The molecule has 0 fully saturated rings. The zero-order valence-electron chi connectivity index (χ0n) is 9.66. The predicted octanol–water partition coefficient (Wildman–Crippen LogP) is 1.54. The molecule has 0 atom stereocenters. The molecule has 1 N–H and O–H groups in total. The van der Waals surface area contributed by atoms with Gasteiger partial charge < -0.3 is 9.84 Å². The lowest BCUT2D eigenvalue weighted by molar-refractivity contribution is 0.0697. The maximum Gasteiger partial charge on any atom is 0.335 e.